The number of nitrogens with zero attached hydrogens (tertiary/aromatic N) is 3. The number of rotatable bonds is 12. The van der Waals surface area contributed by atoms with Crippen LogP contribution in [-0.2, 0) is 18.3 Å². The third-order valence-electron chi connectivity index (χ3n) is 5.18. The minimum atomic E-state index is -0.573. The maximum atomic E-state index is 10.6. The number of aryl methyl sites for hydroxylation is 1. The van der Waals surface area contributed by atoms with Gasteiger partial charge in [0.1, 0.15) is 11.4 Å². The molecule has 0 radical (unpaired) electrons. The first-order valence-corrected chi connectivity index (χ1v) is 11.8. The van der Waals surface area contributed by atoms with E-state index in [1.165, 1.54) is 0 Å². The van der Waals surface area contributed by atoms with Gasteiger partial charge >= 0.3 is 0 Å². The van der Waals surface area contributed by atoms with E-state index in [0.717, 1.165) is 29.8 Å². The molecule has 0 aliphatic heterocycles. The number of hydrogen-bond donors (Lipinski definition) is 1. The van der Waals surface area contributed by atoms with Crippen molar-refractivity contribution >= 4 is 11.6 Å². The lowest BCUT2D eigenvalue weighted by Gasteiger charge is -2.25. The van der Waals surface area contributed by atoms with Gasteiger partial charge < -0.3 is 14.6 Å². The molecule has 178 valence electrons. The normalized spacial score (nSPS) is 12.5. The number of benzene rings is 2. The van der Waals surface area contributed by atoms with Crippen molar-refractivity contribution in [3.8, 4) is 22.9 Å². The highest BCUT2D eigenvalue weighted by molar-refractivity contribution is 6.30. The minimum absolute atomic E-state index is 0.0849. The Balaban J connectivity index is 1.92. The summed E-state index contributed by atoms with van der Waals surface area (Å²) in [6.07, 6.45) is 0.476. The van der Waals surface area contributed by atoms with E-state index in [4.69, 9.17) is 26.2 Å². The molecule has 1 N–H and O–H groups in total. The molecule has 33 heavy (non-hydrogen) atoms. The highest BCUT2D eigenvalue weighted by Crippen LogP contribution is 2.34. The summed E-state index contributed by atoms with van der Waals surface area (Å²) in [4.78, 5) is 2.23. The molecule has 1 unspecified atom stereocenters. The van der Waals surface area contributed by atoms with Crippen molar-refractivity contribution in [2.75, 3.05) is 19.7 Å². The third-order valence-corrected chi connectivity index (χ3v) is 5.43. The smallest absolute Gasteiger partial charge is 0.222 e. The van der Waals surface area contributed by atoms with Crippen LogP contribution in [0.1, 0.15) is 32.8 Å². The van der Waals surface area contributed by atoms with Gasteiger partial charge in [-0.1, -0.05) is 48.9 Å². The van der Waals surface area contributed by atoms with E-state index in [0.29, 0.717) is 36.3 Å². The van der Waals surface area contributed by atoms with Crippen LogP contribution in [0.15, 0.2) is 54.6 Å². The molecule has 0 saturated carbocycles. The van der Waals surface area contributed by atoms with Crippen LogP contribution in [0.25, 0.3) is 11.3 Å². The Morgan fingerprint density at radius 2 is 1.79 bits per heavy atom. The monoisotopic (exact) mass is 471 g/mol. The first-order chi connectivity index (χ1) is 15.9. The summed E-state index contributed by atoms with van der Waals surface area (Å²) in [6.45, 7) is 8.32. The van der Waals surface area contributed by atoms with E-state index < -0.39 is 6.10 Å². The number of aromatic nitrogens is 2. The van der Waals surface area contributed by atoms with Gasteiger partial charge in [0.15, 0.2) is 0 Å². The predicted octanol–water partition coefficient (Wildman–Crippen LogP) is 5.53. The van der Waals surface area contributed by atoms with Gasteiger partial charge in [0, 0.05) is 30.7 Å². The van der Waals surface area contributed by atoms with Crippen LogP contribution >= 0.6 is 11.6 Å². The fourth-order valence-electron chi connectivity index (χ4n) is 3.69. The molecule has 1 heterocycles. The van der Waals surface area contributed by atoms with Crippen molar-refractivity contribution in [1.29, 1.82) is 0 Å². The second-order valence-corrected chi connectivity index (χ2v) is 8.89. The first kappa shape index (κ1) is 25.2. The standard InChI is InChI=1S/C26H34ClN3O3/c1-5-15-30(16-22(31)18-32-19(2)3)17-24-25(20-9-7-6-8-10-20)28-29(4)26(24)33-23-13-11-21(27)12-14-23/h6-14,19,22,31H,5,15-18H2,1-4H3. The van der Waals surface area contributed by atoms with Gasteiger partial charge in [0.25, 0.3) is 0 Å². The second-order valence-electron chi connectivity index (χ2n) is 8.45. The van der Waals surface area contributed by atoms with Gasteiger partial charge in [-0.3, -0.25) is 4.90 Å². The molecule has 0 saturated heterocycles. The third kappa shape index (κ3) is 7.30. The number of aliphatic hydroxyl groups is 1. The molecule has 1 aromatic heterocycles. The zero-order chi connectivity index (χ0) is 23.8. The van der Waals surface area contributed by atoms with Crippen molar-refractivity contribution in [3.05, 3.63) is 65.2 Å². The minimum Gasteiger partial charge on any atom is -0.439 e. The summed E-state index contributed by atoms with van der Waals surface area (Å²) >= 11 is 6.04. The van der Waals surface area contributed by atoms with E-state index in [1.807, 2.05) is 63.4 Å². The predicted molar refractivity (Wildman–Crippen MR) is 133 cm³/mol. The molecule has 3 aromatic rings. The van der Waals surface area contributed by atoms with E-state index in [2.05, 4.69) is 11.8 Å². The molecule has 6 nitrogen and oxygen atoms in total. The van der Waals surface area contributed by atoms with Gasteiger partial charge in [0.2, 0.25) is 5.88 Å². The molecule has 7 heteroatoms. The average Bonchev–Trinajstić information content (AvgIpc) is 3.09. The number of halogens is 1. The maximum absolute atomic E-state index is 10.6. The average molecular weight is 472 g/mol. The van der Waals surface area contributed by atoms with Gasteiger partial charge in [-0.2, -0.15) is 5.10 Å². The SMILES string of the molecule is CCCN(Cc1c(-c2ccccc2)nn(C)c1Oc1ccc(Cl)cc1)CC(O)COC(C)C. The molecule has 1 atom stereocenters. The Kier molecular flexibility index (Phi) is 9.32. The maximum Gasteiger partial charge on any atom is 0.222 e. The molecular weight excluding hydrogens is 438 g/mol. The number of aliphatic hydroxyl groups excluding tert-OH is 1. The Morgan fingerprint density at radius 3 is 2.42 bits per heavy atom. The Hall–Kier alpha value is -2.38. The molecule has 3 rings (SSSR count). The van der Waals surface area contributed by atoms with Gasteiger partial charge in [0.05, 0.1) is 24.4 Å². The molecule has 2 aromatic carbocycles. The topological polar surface area (TPSA) is 59.8 Å². The highest BCUT2D eigenvalue weighted by atomic mass is 35.5. The zero-order valence-corrected chi connectivity index (χ0v) is 20.6. The van der Waals surface area contributed by atoms with Crippen molar-refractivity contribution in [2.24, 2.45) is 7.05 Å². The lowest BCUT2D eigenvalue weighted by molar-refractivity contribution is -0.00953. The van der Waals surface area contributed by atoms with Gasteiger partial charge in [-0.05, 0) is 51.1 Å². The summed E-state index contributed by atoms with van der Waals surface area (Å²) < 4.78 is 13.7. The van der Waals surface area contributed by atoms with Crippen molar-refractivity contribution in [2.45, 2.75) is 45.9 Å². The Labute approximate surface area is 201 Å². The second kappa shape index (κ2) is 12.2. The first-order valence-electron chi connectivity index (χ1n) is 11.4. The van der Waals surface area contributed by atoms with Crippen LogP contribution in [0, 0.1) is 0 Å². The molecule has 0 spiro atoms. The lowest BCUT2D eigenvalue weighted by Crippen LogP contribution is -2.35. The van der Waals surface area contributed by atoms with E-state index >= 15 is 0 Å². The van der Waals surface area contributed by atoms with Gasteiger partial charge in [-0.25, -0.2) is 4.68 Å². The summed E-state index contributed by atoms with van der Waals surface area (Å²) in [5, 5.41) is 16.0. The quantitative estimate of drug-likeness (QED) is 0.376. The Bertz CT molecular complexity index is 990. The molecule has 0 aliphatic rings. The summed E-state index contributed by atoms with van der Waals surface area (Å²) in [7, 11) is 1.89. The summed E-state index contributed by atoms with van der Waals surface area (Å²) in [5.41, 5.74) is 2.87. The number of hydrogen-bond acceptors (Lipinski definition) is 5. The molecule has 0 bridgehead atoms. The van der Waals surface area contributed by atoms with Crippen LogP contribution in [0.5, 0.6) is 11.6 Å². The van der Waals surface area contributed by atoms with Crippen LogP contribution in [0.4, 0.5) is 0 Å². The molecule has 0 fully saturated rings. The highest BCUT2D eigenvalue weighted by Gasteiger charge is 2.23. The van der Waals surface area contributed by atoms with E-state index in [1.54, 1.807) is 16.8 Å². The van der Waals surface area contributed by atoms with Crippen molar-refractivity contribution in [3.63, 3.8) is 0 Å². The lowest BCUT2D eigenvalue weighted by atomic mass is 10.1. The van der Waals surface area contributed by atoms with Crippen LogP contribution in [-0.4, -0.2) is 51.7 Å². The largest absolute Gasteiger partial charge is 0.439 e. The van der Waals surface area contributed by atoms with Crippen LogP contribution in [0.3, 0.4) is 0 Å². The van der Waals surface area contributed by atoms with Crippen molar-refractivity contribution < 1.29 is 14.6 Å². The molecule has 0 amide bonds. The van der Waals surface area contributed by atoms with Crippen LogP contribution in [0.2, 0.25) is 5.02 Å². The van der Waals surface area contributed by atoms with E-state index in [9.17, 15) is 5.11 Å². The summed E-state index contributed by atoms with van der Waals surface area (Å²) in [5.74, 6) is 1.36. The zero-order valence-electron chi connectivity index (χ0n) is 19.9. The Morgan fingerprint density at radius 1 is 1.09 bits per heavy atom. The summed E-state index contributed by atoms with van der Waals surface area (Å²) in [6, 6.07) is 17.4. The number of ether oxygens (including phenoxy) is 2. The van der Waals surface area contributed by atoms with Crippen molar-refractivity contribution in [1.82, 2.24) is 14.7 Å². The van der Waals surface area contributed by atoms with Crippen LogP contribution < -0.4 is 4.74 Å². The molecule has 0 aliphatic carbocycles. The fraction of sp³-hybridized carbons (Fsp3) is 0.423. The fourth-order valence-corrected chi connectivity index (χ4v) is 3.82. The molecular formula is C26H34ClN3O3. The van der Waals surface area contributed by atoms with Gasteiger partial charge in [-0.15, -0.1) is 0 Å². The van der Waals surface area contributed by atoms with E-state index in [-0.39, 0.29) is 6.10 Å².